The third kappa shape index (κ3) is 3.80. The molecule has 1 N–H and O–H groups in total. The number of fused-ring (bicyclic) bond motifs is 1. The van der Waals surface area contributed by atoms with Crippen LogP contribution in [0.1, 0.15) is 31.8 Å². The predicted octanol–water partition coefficient (Wildman–Crippen LogP) is 2.25. The number of ether oxygens (including phenoxy) is 1. The average molecular weight is 370 g/mol. The summed E-state index contributed by atoms with van der Waals surface area (Å²) in [7, 11) is 0. The van der Waals surface area contributed by atoms with E-state index in [0.29, 0.717) is 5.75 Å². The topological polar surface area (TPSA) is 110 Å². The number of non-ortho nitro benzene ring substituents is 1. The van der Waals surface area contributed by atoms with Crippen LogP contribution in [0, 0.1) is 24.0 Å². The van der Waals surface area contributed by atoms with E-state index in [1.54, 1.807) is 0 Å². The number of rotatable bonds is 6. The third-order valence-corrected chi connectivity index (χ3v) is 4.20. The highest BCUT2D eigenvalue weighted by molar-refractivity contribution is 6.21. The SMILES string of the molecule is Cc1cc(C)cc(OC[C@H](O)CN2C(=O)c3ccc([N+](=O)[O-])cc3C2=O)c1. The van der Waals surface area contributed by atoms with Crippen LogP contribution in [0.5, 0.6) is 5.75 Å². The van der Waals surface area contributed by atoms with Gasteiger partial charge in [-0.05, 0) is 43.2 Å². The normalized spacial score (nSPS) is 14.3. The maximum atomic E-state index is 12.4. The molecule has 1 atom stereocenters. The molecule has 8 nitrogen and oxygen atoms in total. The monoisotopic (exact) mass is 370 g/mol. The Bertz CT molecular complexity index is 920. The van der Waals surface area contributed by atoms with Crippen LogP contribution in [0.15, 0.2) is 36.4 Å². The van der Waals surface area contributed by atoms with Gasteiger partial charge in [0.2, 0.25) is 0 Å². The number of carbonyl (C=O) groups excluding carboxylic acids is 2. The van der Waals surface area contributed by atoms with E-state index < -0.39 is 22.8 Å². The van der Waals surface area contributed by atoms with E-state index in [-0.39, 0.29) is 30.0 Å². The second kappa shape index (κ2) is 7.16. The standard InChI is InChI=1S/C19H18N2O6/c1-11-5-12(2)7-15(6-11)27-10-14(22)9-20-18(23)16-4-3-13(21(25)26)8-17(16)19(20)24/h3-8,14,22H,9-10H2,1-2H3/t14-/m1/s1. The fraction of sp³-hybridized carbons (Fsp3) is 0.263. The molecule has 0 unspecified atom stereocenters. The first kappa shape index (κ1) is 18.5. The number of β-amino-alcohol motifs (C(OH)–C–C–N with tert-alkyl or cyclic N) is 1. The summed E-state index contributed by atoms with van der Waals surface area (Å²) in [5.74, 6) is -0.663. The number of aliphatic hydroxyl groups excluding tert-OH is 1. The smallest absolute Gasteiger partial charge is 0.270 e. The molecule has 27 heavy (non-hydrogen) atoms. The summed E-state index contributed by atoms with van der Waals surface area (Å²) in [5, 5.41) is 21.0. The lowest BCUT2D eigenvalue weighted by Crippen LogP contribution is -2.39. The first-order chi connectivity index (χ1) is 12.8. The van der Waals surface area contributed by atoms with Crippen LogP contribution in [-0.4, -0.2) is 46.0 Å². The Morgan fingerprint density at radius 2 is 1.70 bits per heavy atom. The van der Waals surface area contributed by atoms with Crippen molar-refractivity contribution < 1.29 is 24.4 Å². The van der Waals surface area contributed by atoms with Crippen molar-refractivity contribution in [2.45, 2.75) is 20.0 Å². The Labute approximate surface area is 155 Å². The zero-order chi connectivity index (χ0) is 19.7. The molecular formula is C19H18N2O6. The zero-order valence-electron chi connectivity index (χ0n) is 14.8. The van der Waals surface area contributed by atoms with Crippen molar-refractivity contribution in [3.8, 4) is 5.75 Å². The zero-order valence-corrected chi connectivity index (χ0v) is 14.8. The minimum atomic E-state index is -1.09. The van der Waals surface area contributed by atoms with Crippen molar-refractivity contribution >= 4 is 17.5 Å². The average Bonchev–Trinajstić information content (AvgIpc) is 2.83. The molecule has 0 radical (unpaired) electrons. The molecule has 8 heteroatoms. The highest BCUT2D eigenvalue weighted by atomic mass is 16.6. The summed E-state index contributed by atoms with van der Waals surface area (Å²) < 4.78 is 5.55. The maximum Gasteiger partial charge on any atom is 0.270 e. The van der Waals surface area contributed by atoms with Crippen molar-refractivity contribution in [2.75, 3.05) is 13.2 Å². The molecule has 1 aliphatic heterocycles. The lowest BCUT2D eigenvalue weighted by atomic mass is 10.1. The minimum Gasteiger partial charge on any atom is -0.491 e. The number of nitro benzene ring substituents is 1. The highest BCUT2D eigenvalue weighted by Gasteiger charge is 2.37. The van der Waals surface area contributed by atoms with Gasteiger partial charge in [0, 0.05) is 12.1 Å². The summed E-state index contributed by atoms with van der Waals surface area (Å²) in [5.41, 5.74) is 1.82. The van der Waals surface area contributed by atoms with E-state index in [4.69, 9.17) is 4.74 Å². The van der Waals surface area contributed by atoms with Crippen LogP contribution in [0.2, 0.25) is 0 Å². The molecule has 0 bridgehead atoms. The molecule has 0 fully saturated rings. The minimum absolute atomic E-state index is 0.0309. The van der Waals surface area contributed by atoms with Crippen LogP contribution in [0.3, 0.4) is 0 Å². The van der Waals surface area contributed by atoms with E-state index in [1.165, 1.54) is 12.1 Å². The van der Waals surface area contributed by atoms with Crippen molar-refractivity contribution in [3.05, 3.63) is 68.8 Å². The van der Waals surface area contributed by atoms with E-state index in [1.807, 2.05) is 32.0 Å². The quantitative estimate of drug-likeness (QED) is 0.474. The second-order valence-electron chi connectivity index (χ2n) is 6.50. The Morgan fingerprint density at radius 1 is 1.07 bits per heavy atom. The van der Waals surface area contributed by atoms with Gasteiger partial charge in [-0.1, -0.05) is 6.07 Å². The molecule has 2 aromatic carbocycles. The molecule has 2 amide bonds. The molecule has 0 aromatic heterocycles. The van der Waals surface area contributed by atoms with Gasteiger partial charge in [-0.25, -0.2) is 0 Å². The van der Waals surface area contributed by atoms with Crippen LogP contribution < -0.4 is 4.74 Å². The van der Waals surface area contributed by atoms with Gasteiger partial charge in [-0.2, -0.15) is 0 Å². The molecule has 0 aliphatic carbocycles. The Balaban J connectivity index is 1.67. The van der Waals surface area contributed by atoms with Crippen LogP contribution in [0.4, 0.5) is 5.69 Å². The van der Waals surface area contributed by atoms with E-state index >= 15 is 0 Å². The van der Waals surface area contributed by atoms with Crippen molar-refractivity contribution in [3.63, 3.8) is 0 Å². The fourth-order valence-electron chi connectivity index (χ4n) is 3.03. The number of hydrogen-bond acceptors (Lipinski definition) is 6. The highest BCUT2D eigenvalue weighted by Crippen LogP contribution is 2.27. The summed E-state index contributed by atoms with van der Waals surface area (Å²) in [4.78, 5) is 35.9. The molecule has 0 saturated carbocycles. The number of aliphatic hydroxyl groups is 1. The fourth-order valence-corrected chi connectivity index (χ4v) is 3.03. The molecule has 0 spiro atoms. The van der Waals surface area contributed by atoms with Gasteiger partial charge >= 0.3 is 0 Å². The van der Waals surface area contributed by atoms with Crippen molar-refractivity contribution in [1.82, 2.24) is 4.90 Å². The van der Waals surface area contributed by atoms with Gasteiger partial charge in [0.15, 0.2) is 0 Å². The van der Waals surface area contributed by atoms with Gasteiger partial charge in [0.1, 0.15) is 18.5 Å². The van der Waals surface area contributed by atoms with Gasteiger partial charge in [-0.15, -0.1) is 0 Å². The van der Waals surface area contributed by atoms with E-state index in [9.17, 15) is 24.8 Å². The number of hydrogen-bond donors (Lipinski definition) is 1. The lowest BCUT2D eigenvalue weighted by Gasteiger charge is -2.19. The molecule has 1 heterocycles. The Hall–Kier alpha value is -3.26. The molecular weight excluding hydrogens is 352 g/mol. The summed E-state index contributed by atoms with van der Waals surface area (Å²) in [6.45, 7) is 3.49. The van der Waals surface area contributed by atoms with Crippen molar-refractivity contribution in [1.29, 1.82) is 0 Å². The van der Waals surface area contributed by atoms with Gasteiger partial charge in [-0.3, -0.25) is 24.6 Å². The molecule has 140 valence electrons. The summed E-state index contributed by atoms with van der Waals surface area (Å²) in [6.07, 6.45) is -1.09. The van der Waals surface area contributed by atoms with Crippen LogP contribution in [0.25, 0.3) is 0 Å². The number of carbonyl (C=O) groups is 2. The number of benzene rings is 2. The molecule has 1 aliphatic rings. The largest absolute Gasteiger partial charge is 0.491 e. The molecule has 3 rings (SSSR count). The lowest BCUT2D eigenvalue weighted by molar-refractivity contribution is -0.384. The first-order valence-electron chi connectivity index (χ1n) is 8.30. The van der Waals surface area contributed by atoms with Gasteiger partial charge in [0.25, 0.3) is 17.5 Å². The number of amides is 2. The summed E-state index contributed by atoms with van der Waals surface area (Å²) in [6, 6.07) is 9.14. The number of nitrogens with zero attached hydrogens (tertiary/aromatic N) is 2. The Morgan fingerprint density at radius 3 is 2.33 bits per heavy atom. The van der Waals surface area contributed by atoms with E-state index in [0.717, 1.165) is 22.1 Å². The second-order valence-corrected chi connectivity index (χ2v) is 6.50. The number of aryl methyl sites for hydroxylation is 2. The van der Waals surface area contributed by atoms with Gasteiger partial charge in [0.05, 0.1) is 22.6 Å². The number of nitro groups is 1. The van der Waals surface area contributed by atoms with Crippen LogP contribution in [-0.2, 0) is 0 Å². The van der Waals surface area contributed by atoms with Gasteiger partial charge < -0.3 is 9.84 Å². The third-order valence-electron chi connectivity index (χ3n) is 4.20. The van der Waals surface area contributed by atoms with Crippen LogP contribution >= 0.6 is 0 Å². The van der Waals surface area contributed by atoms with Crippen molar-refractivity contribution in [2.24, 2.45) is 0 Å². The summed E-state index contributed by atoms with van der Waals surface area (Å²) >= 11 is 0. The first-order valence-corrected chi connectivity index (χ1v) is 8.30. The van der Waals surface area contributed by atoms with E-state index in [2.05, 4.69) is 0 Å². The molecule has 0 saturated heterocycles. The predicted molar refractivity (Wildman–Crippen MR) is 95.9 cm³/mol. The Kier molecular flexibility index (Phi) is 4.91. The number of imide groups is 1. The maximum absolute atomic E-state index is 12.4. The molecule has 2 aromatic rings.